The summed E-state index contributed by atoms with van der Waals surface area (Å²) in [5.74, 6) is -1.05. The number of pyridine rings is 1. The van der Waals surface area contributed by atoms with Crippen molar-refractivity contribution >= 4 is 23.7 Å². The molecule has 0 aromatic carbocycles. The number of urea groups is 1. The van der Waals surface area contributed by atoms with Crippen molar-refractivity contribution in [1.82, 2.24) is 35.5 Å². The van der Waals surface area contributed by atoms with Gasteiger partial charge in [0.25, 0.3) is 5.91 Å². The molecular formula is C21H25F3N8O3. The van der Waals surface area contributed by atoms with E-state index in [0.717, 1.165) is 6.07 Å². The van der Waals surface area contributed by atoms with Crippen molar-refractivity contribution in [2.45, 2.75) is 57.3 Å². The highest BCUT2D eigenvalue weighted by atomic mass is 19.4. The highest BCUT2D eigenvalue weighted by Gasteiger charge is 2.62. The van der Waals surface area contributed by atoms with Crippen LogP contribution in [0.2, 0.25) is 0 Å². The number of aryl methyl sites for hydroxylation is 1. The maximum atomic E-state index is 13.5. The second kappa shape index (κ2) is 8.82. The summed E-state index contributed by atoms with van der Waals surface area (Å²) in [5.41, 5.74) is 2.15. The molecule has 1 aliphatic heterocycles. The molecule has 0 radical (unpaired) electrons. The molecule has 2 bridgehead atoms. The third-order valence-electron chi connectivity index (χ3n) is 6.32. The second-order valence-corrected chi connectivity index (χ2v) is 8.95. The second-order valence-electron chi connectivity index (χ2n) is 8.95. The van der Waals surface area contributed by atoms with Crippen molar-refractivity contribution in [3.8, 4) is 11.4 Å². The van der Waals surface area contributed by atoms with Gasteiger partial charge in [-0.05, 0) is 24.8 Å². The third kappa shape index (κ3) is 4.51. The predicted molar refractivity (Wildman–Crippen MR) is 116 cm³/mol. The first kappa shape index (κ1) is 24.4. The van der Waals surface area contributed by atoms with Crippen molar-refractivity contribution in [2.24, 2.45) is 13.0 Å². The molecular weight excluding hydrogens is 469 g/mol. The lowest BCUT2D eigenvalue weighted by atomic mass is 9.64. The minimum atomic E-state index is -4.71. The number of amides is 4. The smallest absolute Gasteiger partial charge is 0.307 e. The maximum Gasteiger partial charge on any atom is 0.418 e. The number of likely N-dealkylation sites (tertiary alicyclic amines) is 1. The number of rotatable bonds is 4. The number of nitrogens with one attached hydrogen (secondary N) is 3. The minimum Gasteiger partial charge on any atom is -0.307 e. The average Bonchev–Trinajstić information content (AvgIpc) is 3.21. The Morgan fingerprint density at radius 1 is 1.20 bits per heavy atom. The molecule has 35 heavy (non-hydrogen) atoms. The van der Waals surface area contributed by atoms with Crippen LogP contribution >= 0.6 is 0 Å². The number of hydrogen-bond acceptors (Lipinski definition) is 6. The molecule has 2 aliphatic rings. The largest absolute Gasteiger partial charge is 0.418 e. The standard InChI is InChI=1S/C21H25F3N8O3/c1-4-16(33)28-29-18(34)20-7-11(2)5-12(8-20)32(20)19(35)27-15-6-13(17-26-10-31(3)30-17)14(9-25-15)21(22,23)24/h6,9-12H,4-5,7-8H2,1-3H3,(H,28,33)(H,29,34)(H,25,27,35). The molecule has 11 nitrogen and oxygen atoms in total. The zero-order valence-corrected chi connectivity index (χ0v) is 19.3. The average molecular weight is 494 g/mol. The Labute approximate surface area is 198 Å². The quantitative estimate of drug-likeness (QED) is 0.558. The summed E-state index contributed by atoms with van der Waals surface area (Å²) >= 11 is 0. The fraction of sp³-hybridized carbons (Fsp3) is 0.524. The number of piperidine rings is 1. The normalized spacial score (nSPS) is 23.3. The van der Waals surface area contributed by atoms with E-state index in [1.165, 1.54) is 23.0 Å². The van der Waals surface area contributed by atoms with E-state index in [0.29, 0.717) is 25.5 Å². The molecule has 3 N–H and O–H groups in total. The molecule has 1 aliphatic carbocycles. The SMILES string of the molecule is CCC(=O)NNC(=O)C12CC(C)CC(C1)N2C(=O)Nc1cc(-c2ncn(C)n2)c(C(F)(F)F)cn1. The van der Waals surface area contributed by atoms with Crippen molar-refractivity contribution in [2.75, 3.05) is 5.32 Å². The number of anilines is 1. The van der Waals surface area contributed by atoms with Crippen molar-refractivity contribution in [3.63, 3.8) is 0 Å². The van der Waals surface area contributed by atoms with Crippen LogP contribution in [-0.2, 0) is 22.8 Å². The number of fused-ring (bicyclic) bond motifs is 2. The lowest BCUT2D eigenvalue weighted by Crippen LogP contribution is -2.78. The van der Waals surface area contributed by atoms with E-state index in [1.807, 2.05) is 6.92 Å². The van der Waals surface area contributed by atoms with Crippen LogP contribution in [0.5, 0.6) is 0 Å². The number of hydrogen-bond donors (Lipinski definition) is 3. The first-order chi connectivity index (χ1) is 16.4. The van der Waals surface area contributed by atoms with E-state index in [2.05, 4.69) is 31.2 Å². The summed E-state index contributed by atoms with van der Waals surface area (Å²) in [6.45, 7) is 3.60. The van der Waals surface area contributed by atoms with Gasteiger partial charge in [-0.25, -0.2) is 14.8 Å². The number of alkyl halides is 3. The number of hydrazine groups is 1. The molecule has 1 saturated carbocycles. The Morgan fingerprint density at radius 2 is 1.94 bits per heavy atom. The molecule has 3 heterocycles. The maximum absolute atomic E-state index is 13.5. The summed E-state index contributed by atoms with van der Waals surface area (Å²) in [4.78, 5) is 46.8. The van der Waals surface area contributed by atoms with Gasteiger partial charge in [-0.3, -0.25) is 30.4 Å². The number of carbonyl (C=O) groups excluding carboxylic acids is 3. The molecule has 4 rings (SSSR count). The zero-order valence-electron chi connectivity index (χ0n) is 19.3. The van der Waals surface area contributed by atoms with Crippen molar-refractivity contribution in [1.29, 1.82) is 0 Å². The molecule has 4 amide bonds. The van der Waals surface area contributed by atoms with Crippen LogP contribution < -0.4 is 16.2 Å². The monoisotopic (exact) mass is 494 g/mol. The van der Waals surface area contributed by atoms with E-state index in [9.17, 15) is 27.6 Å². The number of carbonyl (C=O) groups is 3. The van der Waals surface area contributed by atoms with Gasteiger partial charge in [-0.1, -0.05) is 13.8 Å². The van der Waals surface area contributed by atoms with Crippen molar-refractivity contribution < 1.29 is 27.6 Å². The molecule has 14 heteroatoms. The zero-order chi connectivity index (χ0) is 25.5. The van der Waals surface area contributed by atoms with Gasteiger partial charge in [0.2, 0.25) is 5.91 Å². The molecule has 2 aromatic heterocycles. The highest BCUT2D eigenvalue weighted by Crippen LogP contribution is 2.50. The van der Waals surface area contributed by atoms with Crippen LogP contribution in [0.3, 0.4) is 0 Å². The molecule has 3 unspecified atom stereocenters. The Kier molecular flexibility index (Phi) is 6.15. The van der Waals surface area contributed by atoms with Crippen LogP contribution in [0.1, 0.15) is 45.1 Å². The van der Waals surface area contributed by atoms with Crippen molar-refractivity contribution in [3.05, 3.63) is 24.2 Å². The third-order valence-corrected chi connectivity index (χ3v) is 6.32. The Balaban J connectivity index is 1.59. The van der Waals surface area contributed by atoms with Crippen LogP contribution in [-0.4, -0.2) is 54.1 Å². The number of aromatic nitrogens is 4. The van der Waals surface area contributed by atoms with Gasteiger partial charge < -0.3 is 4.90 Å². The van der Waals surface area contributed by atoms with Gasteiger partial charge in [0.05, 0.1) is 5.56 Å². The van der Waals surface area contributed by atoms with Crippen LogP contribution in [0.4, 0.5) is 23.8 Å². The first-order valence-electron chi connectivity index (χ1n) is 11.1. The molecule has 188 valence electrons. The molecule has 3 atom stereocenters. The van der Waals surface area contributed by atoms with Crippen LogP contribution in [0, 0.1) is 5.92 Å². The van der Waals surface area contributed by atoms with Gasteiger partial charge in [-0.2, -0.15) is 18.3 Å². The summed E-state index contributed by atoms with van der Waals surface area (Å²) in [6.07, 6.45) is -1.19. The Morgan fingerprint density at radius 3 is 2.57 bits per heavy atom. The van der Waals surface area contributed by atoms with Gasteiger partial charge in [0, 0.05) is 37.7 Å². The Bertz CT molecular complexity index is 1170. The fourth-order valence-corrected chi connectivity index (χ4v) is 4.86. The highest BCUT2D eigenvalue weighted by molar-refractivity contribution is 5.98. The van der Waals surface area contributed by atoms with E-state index in [1.54, 1.807) is 6.92 Å². The van der Waals surface area contributed by atoms with Gasteiger partial charge in [0.1, 0.15) is 17.7 Å². The van der Waals surface area contributed by atoms with E-state index >= 15 is 0 Å². The van der Waals surface area contributed by atoms with Crippen LogP contribution in [0.25, 0.3) is 11.4 Å². The van der Waals surface area contributed by atoms with E-state index in [4.69, 9.17) is 0 Å². The predicted octanol–water partition coefficient (Wildman–Crippen LogP) is 2.23. The minimum absolute atomic E-state index is 0.140. The summed E-state index contributed by atoms with van der Waals surface area (Å²) in [7, 11) is 1.52. The van der Waals surface area contributed by atoms with E-state index < -0.39 is 29.2 Å². The molecule has 2 aromatic rings. The molecule has 1 saturated heterocycles. The topological polar surface area (TPSA) is 134 Å². The number of halogens is 3. The fourth-order valence-electron chi connectivity index (χ4n) is 4.86. The summed E-state index contributed by atoms with van der Waals surface area (Å²) < 4.78 is 41.9. The number of nitrogens with zero attached hydrogens (tertiary/aromatic N) is 5. The van der Waals surface area contributed by atoms with E-state index in [-0.39, 0.29) is 41.5 Å². The van der Waals surface area contributed by atoms with Gasteiger partial charge in [0.15, 0.2) is 5.82 Å². The molecule has 2 fully saturated rings. The summed E-state index contributed by atoms with van der Waals surface area (Å²) in [5, 5.41) is 6.45. The van der Waals surface area contributed by atoms with Gasteiger partial charge >= 0.3 is 12.2 Å². The Hall–Kier alpha value is -3.71. The first-order valence-corrected chi connectivity index (χ1v) is 11.1. The van der Waals surface area contributed by atoms with Crippen LogP contribution in [0.15, 0.2) is 18.6 Å². The summed E-state index contributed by atoms with van der Waals surface area (Å²) in [6, 6.07) is 0.165. The lowest BCUT2D eigenvalue weighted by molar-refractivity contribution is -0.157. The lowest BCUT2D eigenvalue weighted by Gasteiger charge is -2.61. The molecule has 0 spiro atoms. The van der Waals surface area contributed by atoms with Gasteiger partial charge in [-0.15, -0.1) is 0 Å².